The summed E-state index contributed by atoms with van der Waals surface area (Å²) in [6, 6.07) is 4.55. The molecule has 1 saturated carbocycles. The number of halogens is 1. The van der Waals surface area contributed by atoms with Crippen LogP contribution in [0.25, 0.3) is 0 Å². The quantitative estimate of drug-likeness (QED) is 0.930. The molecule has 1 aromatic rings. The Morgan fingerprint density at radius 1 is 1.33 bits per heavy atom. The molecule has 0 unspecified atom stereocenters. The largest absolute Gasteiger partial charge is 0.478 e. The van der Waals surface area contributed by atoms with E-state index in [9.17, 15) is 9.59 Å². The van der Waals surface area contributed by atoms with Gasteiger partial charge in [-0.15, -0.1) is 0 Å². The average Bonchev–Trinajstić information content (AvgIpc) is 3.11. The third-order valence-corrected chi connectivity index (χ3v) is 3.43. The van der Waals surface area contributed by atoms with Gasteiger partial charge in [0.25, 0.3) is 5.91 Å². The van der Waals surface area contributed by atoms with Gasteiger partial charge in [0.1, 0.15) is 0 Å². The summed E-state index contributed by atoms with van der Waals surface area (Å²) in [5, 5.41) is 8.96. The summed E-state index contributed by atoms with van der Waals surface area (Å²) in [6.07, 6.45) is 2.35. The van der Waals surface area contributed by atoms with Crippen molar-refractivity contribution >= 4 is 27.8 Å². The van der Waals surface area contributed by atoms with Crippen molar-refractivity contribution in [2.24, 2.45) is 5.92 Å². The highest BCUT2D eigenvalue weighted by Crippen LogP contribution is 2.29. The lowest BCUT2D eigenvalue weighted by molar-refractivity contribution is 0.0697. The van der Waals surface area contributed by atoms with Crippen molar-refractivity contribution in [3.63, 3.8) is 0 Å². The molecule has 2 rings (SSSR count). The van der Waals surface area contributed by atoms with Gasteiger partial charge < -0.3 is 10.0 Å². The molecule has 1 fully saturated rings. The van der Waals surface area contributed by atoms with Crippen LogP contribution in [0.1, 0.15) is 33.6 Å². The number of aromatic carboxylic acids is 1. The molecule has 0 atom stereocenters. The van der Waals surface area contributed by atoms with Crippen LogP contribution in [0.4, 0.5) is 0 Å². The number of nitrogens with zero attached hydrogens (tertiary/aromatic N) is 1. The van der Waals surface area contributed by atoms with Crippen LogP contribution in [0.3, 0.4) is 0 Å². The molecule has 1 aliphatic carbocycles. The molecule has 0 radical (unpaired) electrons. The van der Waals surface area contributed by atoms with E-state index in [1.165, 1.54) is 25.0 Å². The summed E-state index contributed by atoms with van der Waals surface area (Å²) in [5.41, 5.74) is 0.525. The Kier molecular flexibility index (Phi) is 3.71. The van der Waals surface area contributed by atoms with Gasteiger partial charge in [-0.25, -0.2) is 4.79 Å². The van der Waals surface area contributed by atoms with Crippen molar-refractivity contribution < 1.29 is 14.7 Å². The van der Waals surface area contributed by atoms with Gasteiger partial charge in [0.15, 0.2) is 0 Å². The van der Waals surface area contributed by atoms with Crippen molar-refractivity contribution in [1.82, 2.24) is 4.90 Å². The van der Waals surface area contributed by atoms with E-state index in [0.29, 0.717) is 16.0 Å². The second kappa shape index (κ2) is 5.10. The van der Waals surface area contributed by atoms with Crippen LogP contribution in [-0.2, 0) is 0 Å². The van der Waals surface area contributed by atoms with Gasteiger partial charge in [-0.1, -0.05) is 15.9 Å². The molecule has 96 valence electrons. The fourth-order valence-corrected chi connectivity index (χ4v) is 2.32. The number of carboxylic acid groups (broad SMARTS) is 1. The minimum atomic E-state index is -1.03. The standard InChI is InChI=1S/C13H14BrNO3/c1-15(7-8-2-3-8)12(16)9-4-10(13(17)18)6-11(14)5-9/h4-6,8H,2-3,7H2,1H3,(H,17,18). The van der Waals surface area contributed by atoms with Gasteiger partial charge in [-0.3, -0.25) is 4.79 Å². The van der Waals surface area contributed by atoms with Gasteiger partial charge in [0.05, 0.1) is 5.56 Å². The normalized spacial score (nSPS) is 14.3. The number of carbonyl (C=O) groups excluding carboxylic acids is 1. The van der Waals surface area contributed by atoms with Crippen molar-refractivity contribution in [3.05, 3.63) is 33.8 Å². The van der Waals surface area contributed by atoms with E-state index in [0.717, 1.165) is 6.54 Å². The smallest absolute Gasteiger partial charge is 0.335 e. The molecular formula is C13H14BrNO3. The lowest BCUT2D eigenvalue weighted by Crippen LogP contribution is -2.28. The van der Waals surface area contributed by atoms with Gasteiger partial charge >= 0.3 is 5.97 Å². The highest BCUT2D eigenvalue weighted by atomic mass is 79.9. The van der Waals surface area contributed by atoms with Crippen LogP contribution in [-0.4, -0.2) is 35.5 Å². The first-order valence-corrected chi connectivity index (χ1v) is 6.56. The molecule has 4 nitrogen and oxygen atoms in total. The Labute approximate surface area is 114 Å². The van der Waals surface area contributed by atoms with Crippen LogP contribution in [0, 0.1) is 5.92 Å². The number of amides is 1. The zero-order chi connectivity index (χ0) is 13.3. The predicted molar refractivity (Wildman–Crippen MR) is 70.8 cm³/mol. The number of hydrogen-bond donors (Lipinski definition) is 1. The van der Waals surface area contributed by atoms with E-state index >= 15 is 0 Å². The van der Waals surface area contributed by atoms with E-state index in [-0.39, 0.29) is 11.5 Å². The third kappa shape index (κ3) is 3.10. The highest BCUT2D eigenvalue weighted by molar-refractivity contribution is 9.10. The monoisotopic (exact) mass is 311 g/mol. The fraction of sp³-hybridized carbons (Fsp3) is 0.385. The van der Waals surface area contributed by atoms with Crippen molar-refractivity contribution in [2.75, 3.05) is 13.6 Å². The summed E-state index contributed by atoms with van der Waals surface area (Å²) >= 11 is 3.23. The molecule has 1 aliphatic rings. The molecule has 1 aromatic carbocycles. The maximum absolute atomic E-state index is 12.1. The Hall–Kier alpha value is -1.36. The zero-order valence-electron chi connectivity index (χ0n) is 10.0. The Bertz CT molecular complexity index is 497. The molecule has 0 aromatic heterocycles. The Morgan fingerprint density at radius 3 is 2.50 bits per heavy atom. The van der Waals surface area contributed by atoms with Gasteiger partial charge in [-0.2, -0.15) is 0 Å². The van der Waals surface area contributed by atoms with Crippen LogP contribution in [0.2, 0.25) is 0 Å². The number of hydrogen-bond acceptors (Lipinski definition) is 2. The molecule has 0 aliphatic heterocycles. The molecule has 18 heavy (non-hydrogen) atoms. The van der Waals surface area contributed by atoms with E-state index in [1.807, 2.05) is 0 Å². The van der Waals surface area contributed by atoms with Crippen molar-refractivity contribution in [3.8, 4) is 0 Å². The van der Waals surface area contributed by atoms with Gasteiger partial charge in [-0.05, 0) is 37.0 Å². The molecule has 5 heteroatoms. The topological polar surface area (TPSA) is 57.6 Å². The third-order valence-electron chi connectivity index (χ3n) is 2.97. The van der Waals surface area contributed by atoms with Gasteiger partial charge in [0.2, 0.25) is 0 Å². The summed E-state index contributed by atoms with van der Waals surface area (Å²) in [6.45, 7) is 0.744. The first kappa shape index (κ1) is 13.1. The fourth-order valence-electron chi connectivity index (χ4n) is 1.83. The Balaban J connectivity index is 2.20. The average molecular weight is 312 g/mol. The van der Waals surface area contributed by atoms with Crippen molar-refractivity contribution in [2.45, 2.75) is 12.8 Å². The van der Waals surface area contributed by atoms with Crippen LogP contribution >= 0.6 is 15.9 Å². The summed E-state index contributed by atoms with van der Waals surface area (Å²) in [5.74, 6) is -0.550. The second-order valence-corrected chi connectivity index (χ2v) is 5.58. The van der Waals surface area contributed by atoms with Crippen LogP contribution < -0.4 is 0 Å². The minimum absolute atomic E-state index is 0.118. The summed E-state index contributed by atoms with van der Waals surface area (Å²) < 4.78 is 0.602. The highest BCUT2D eigenvalue weighted by Gasteiger charge is 2.25. The molecule has 1 amide bonds. The van der Waals surface area contributed by atoms with Gasteiger partial charge in [0, 0.05) is 23.6 Å². The SMILES string of the molecule is CN(CC1CC1)C(=O)c1cc(Br)cc(C(=O)O)c1. The lowest BCUT2D eigenvalue weighted by Gasteiger charge is -2.17. The maximum Gasteiger partial charge on any atom is 0.335 e. The number of carboxylic acids is 1. The molecule has 0 saturated heterocycles. The number of rotatable bonds is 4. The minimum Gasteiger partial charge on any atom is -0.478 e. The molecular weight excluding hydrogens is 298 g/mol. The second-order valence-electron chi connectivity index (χ2n) is 4.66. The van der Waals surface area contributed by atoms with E-state index < -0.39 is 5.97 Å². The molecule has 0 bridgehead atoms. The van der Waals surface area contributed by atoms with Crippen molar-refractivity contribution in [1.29, 1.82) is 0 Å². The number of benzene rings is 1. The first-order chi connectivity index (χ1) is 8.47. The molecule has 0 spiro atoms. The zero-order valence-corrected chi connectivity index (χ0v) is 11.6. The first-order valence-electron chi connectivity index (χ1n) is 5.76. The van der Waals surface area contributed by atoms with Crippen LogP contribution in [0.15, 0.2) is 22.7 Å². The molecule has 0 heterocycles. The van der Waals surface area contributed by atoms with E-state index in [1.54, 1.807) is 18.0 Å². The maximum atomic E-state index is 12.1. The van der Waals surface area contributed by atoms with Crippen LogP contribution in [0.5, 0.6) is 0 Å². The van der Waals surface area contributed by atoms with E-state index in [2.05, 4.69) is 15.9 Å². The summed E-state index contributed by atoms with van der Waals surface area (Å²) in [4.78, 5) is 24.7. The predicted octanol–water partition coefficient (Wildman–Crippen LogP) is 2.63. The lowest BCUT2D eigenvalue weighted by atomic mass is 10.1. The molecule has 1 N–H and O–H groups in total. The Morgan fingerprint density at radius 2 is 1.94 bits per heavy atom. The number of carbonyl (C=O) groups is 2. The van der Waals surface area contributed by atoms with E-state index in [4.69, 9.17) is 5.11 Å². The summed E-state index contributed by atoms with van der Waals surface area (Å²) in [7, 11) is 1.75.